The van der Waals surface area contributed by atoms with E-state index in [1.54, 1.807) is 0 Å². The van der Waals surface area contributed by atoms with E-state index in [4.69, 9.17) is 0 Å². The summed E-state index contributed by atoms with van der Waals surface area (Å²) in [6, 6.07) is 12.5. The van der Waals surface area contributed by atoms with Gasteiger partial charge in [0.05, 0.1) is 5.69 Å². The summed E-state index contributed by atoms with van der Waals surface area (Å²) >= 11 is 3.41. The minimum absolute atomic E-state index is 0. The average molecular weight is 343 g/mol. The van der Waals surface area contributed by atoms with Crippen molar-refractivity contribution in [3.63, 3.8) is 0 Å². The maximum Gasteiger partial charge on any atom is 0.0704 e. The van der Waals surface area contributed by atoms with Gasteiger partial charge < -0.3 is 0 Å². The number of hydrogen-bond acceptors (Lipinski definition) is 1. The molecule has 2 rings (SSSR count). The first-order valence-corrected chi connectivity index (χ1v) is 6.00. The van der Waals surface area contributed by atoms with Crippen molar-refractivity contribution >= 4 is 32.9 Å². The number of hydrogen-bond donors (Lipinski definition) is 0. The molecule has 1 nitrogen and oxygen atoms in total. The lowest BCUT2D eigenvalue weighted by atomic mass is 10.1. The summed E-state index contributed by atoms with van der Waals surface area (Å²) in [4.78, 5) is 4.45. The van der Waals surface area contributed by atoms with Gasteiger partial charge in [0.15, 0.2) is 0 Å². The minimum Gasteiger partial charge on any atom is -0.256 e. The molecule has 0 radical (unpaired) electrons. The number of alkyl halides is 1. The second-order valence-corrected chi connectivity index (χ2v) is 4.06. The third-order valence-electron chi connectivity index (χ3n) is 2.40. The molecule has 0 amide bonds. The normalized spacial score (nSPS) is 9.62. The van der Waals surface area contributed by atoms with Crippen LogP contribution in [0.15, 0.2) is 42.6 Å². The van der Waals surface area contributed by atoms with Gasteiger partial charge in [-0.15, -0.1) is 17.0 Å². The second-order valence-electron chi connectivity index (χ2n) is 3.50. The maximum absolute atomic E-state index is 4.45. The molecule has 0 bridgehead atoms. The van der Waals surface area contributed by atoms with Gasteiger partial charge >= 0.3 is 0 Å². The summed E-state index contributed by atoms with van der Waals surface area (Å²) < 4.78 is 0. The minimum atomic E-state index is 0. The van der Waals surface area contributed by atoms with Crippen LogP contribution in [0.25, 0.3) is 11.3 Å². The lowest BCUT2D eigenvalue weighted by molar-refractivity contribution is 1.25. The Bertz CT molecular complexity index is 452. The Hall–Kier alpha value is -0.670. The van der Waals surface area contributed by atoms with E-state index in [0.29, 0.717) is 0 Å². The molecule has 0 aliphatic heterocycles. The number of pyridine rings is 1. The Labute approximate surface area is 115 Å². The topological polar surface area (TPSA) is 12.9 Å². The van der Waals surface area contributed by atoms with E-state index >= 15 is 0 Å². The van der Waals surface area contributed by atoms with Crippen molar-refractivity contribution in [2.45, 2.75) is 12.3 Å². The molecule has 1 heterocycles. The number of aryl methyl sites for hydroxylation is 1. The Balaban J connectivity index is 0.00000128. The summed E-state index contributed by atoms with van der Waals surface area (Å²) in [6.45, 7) is 2.11. The van der Waals surface area contributed by atoms with Crippen molar-refractivity contribution < 1.29 is 0 Å². The highest BCUT2D eigenvalue weighted by Gasteiger charge is 2.01. The van der Waals surface area contributed by atoms with Crippen LogP contribution in [0.1, 0.15) is 11.1 Å². The van der Waals surface area contributed by atoms with Crippen molar-refractivity contribution in [3.8, 4) is 11.3 Å². The van der Waals surface area contributed by atoms with Crippen LogP contribution in [0.3, 0.4) is 0 Å². The smallest absolute Gasteiger partial charge is 0.0704 e. The lowest BCUT2D eigenvalue weighted by Gasteiger charge is -2.04. The van der Waals surface area contributed by atoms with E-state index in [1.165, 1.54) is 16.7 Å². The van der Waals surface area contributed by atoms with Gasteiger partial charge in [-0.05, 0) is 24.1 Å². The molecular weight excluding hydrogens is 330 g/mol. The zero-order chi connectivity index (χ0) is 10.7. The fourth-order valence-electron chi connectivity index (χ4n) is 1.52. The standard InChI is InChI=1S/C13H12BrN.BrH/c1-10-4-2-3-5-12(10)13-7-6-11(8-14)9-15-13;/h2-7,9H,8H2,1H3;1H. The first-order chi connectivity index (χ1) is 7.31. The molecule has 0 saturated carbocycles. The fraction of sp³-hybridized carbons (Fsp3) is 0.154. The molecule has 0 saturated heterocycles. The van der Waals surface area contributed by atoms with Crippen LogP contribution in [0.5, 0.6) is 0 Å². The molecule has 0 unspecified atom stereocenters. The van der Waals surface area contributed by atoms with Crippen LogP contribution in [-0.4, -0.2) is 4.98 Å². The molecule has 0 aliphatic rings. The number of aromatic nitrogens is 1. The van der Waals surface area contributed by atoms with Gasteiger partial charge in [-0.2, -0.15) is 0 Å². The van der Waals surface area contributed by atoms with Gasteiger partial charge in [-0.25, -0.2) is 0 Å². The molecule has 0 fully saturated rings. The second kappa shape index (κ2) is 6.16. The predicted octanol–water partition coefficient (Wildman–Crippen LogP) is 4.53. The van der Waals surface area contributed by atoms with Gasteiger partial charge in [-0.3, -0.25) is 4.98 Å². The Morgan fingerprint density at radius 2 is 1.88 bits per heavy atom. The maximum atomic E-state index is 4.45. The number of benzene rings is 1. The van der Waals surface area contributed by atoms with Gasteiger partial charge in [0.25, 0.3) is 0 Å². The predicted molar refractivity (Wildman–Crippen MR) is 77.4 cm³/mol. The highest BCUT2D eigenvalue weighted by atomic mass is 79.9. The van der Waals surface area contributed by atoms with Crippen molar-refractivity contribution in [1.29, 1.82) is 0 Å². The third kappa shape index (κ3) is 2.92. The SMILES string of the molecule is Br.Cc1ccccc1-c1ccc(CBr)cn1. The van der Waals surface area contributed by atoms with Crippen molar-refractivity contribution in [3.05, 3.63) is 53.7 Å². The van der Waals surface area contributed by atoms with Crippen LogP contribution in [0.4, 0.5) is 0 Å². The first-order valence-electron chi connectivity index (χ1n) is 4.88. The molecule has 84 valence electrons. The molecule has 0 aliphatic carbocycles. The van der Waals surface area contributed by atoms with Crippen LogP contribution in [0.2, 0.25) is 0 Å². The van der Waals surface area contributed by atoms with Gasteiger partial charge in [0, 0.05) is 17.1 Å². The monoisotopic (exact) mass is 341 g/mol. The molecule has 1 aromatic heterocycles. The van der Waals surface area contributed by atoms with E-state index in [0.717, 1.165) is 11.0 Å². The summed E-state index contributed by atoms with van der Waals surface area (Å²) in [6.07, 6.45) is 1.91. The zero-order valence-corrected chi connectivity index (χ0v) is 12.3. The highest BCUT2D eigenvalue weighted by Crippen LogP contribution is 2.21. The Kier molecular flexibility index (Phi) is 5.16. The average Bonchev–Trinajstić information content (AvgIpc) is 2.30. The molecular formula is C13H13Br2N. The summed E-state index contributed by atoms with van der Waals surface area (Å²) in [5.41, 5.74) is 4.71. The summed E-state index contributed by atoms with van der Waals surface area (Å²) in [7, 11) is 0. The Morgan fingerprint density at radius 3 is 2.44 bits per heavy atom. The first kappa shape index (κ1) is 13.4. The van der Waals surface area contributed by atoms with Crippen LogP contribution in [0, 0.1) is 6.92 Å². The van der Waals surface area contributed by atoms with Crippen molar-refractivity contribution in [1.82, 2.24) is 4.98 Å². The third-order valence-corrected chi connectivity index (χ3v) is 3.05. The quantitative estimate of drug-likeness (QED) is 0.730. The molecule has 3 heteroatoms. The van der Waals surface area contributed by atoms with Gasteiger partial charge in [0.1, 0.15) is 0 Å². The van der Waals surface area contributed by atoms with Gasteiger partial charge in [-0.1, -0.05) is 46.3 Å². The van der Waals surface area contributed by atoms with E-state index in [-0.39, 0.29) is 17.0 Å². The van der Waals surface area contributed by atoms with E-state index in [9.17, 15) is 0 Å². The van der Waals surface area contributed by atoms with Crippen LogP contribution < -0.4 is 0 Å². The molecule has 16 heavy (non-hydrogen) atoms. The van der Waals surface area contributed by atoms with E-state index in [1.807, 2.05) is 18.3 Å². The highest BCUT2D eigenvalue weighted by molar-refractivity contribution is 9.08. The van der Waals surface area contributed by atoms with E-state index in [2.05, 4.69) is 52.1 Å². The zero-order valence-electron chi connectivity index (χ0n) is 8.98. The lowest BCUT2D eigenvalue weighted by Crippen LogP contribution is -1.87. The fourth-order valence-corrected chi connectivity index (χ4v) is 1.85. The number of nitrogens with zero attached hydrogens (tertiary/aromatic N) is 1. The van der Waals surface area contributed by atoms with Crippen LogP contribution in [-0.2, 0) is 5.33 Å². The van der Waals surface area contributed by atoms with E-state index < -0.39 is 0 Å². The molecule has 0 spiro atoms. The molecule has 0 N–H and O–H groups in total. The molecule has 1 aromatic carbocycles. The largest absolute Gasteiger partial charge is 0.256 e. The number of halogens is 2. The van der Waals surface area contributed by atoms with Crippen molar-refractivity contribution in [2.75, 3.05) is 0 Å². The molecule has 0 atom stereocenters. The Morgan fingerprint density at radius 1 is 1.12 bits per heavy atom. The molecule has 2 aromatic rings. The van der Waals surface area contributed by atoms with Gasteiger partial charge in [0.2, 0.25) is 0 Å². The van der Waals surface area contributed by atoms with Crippen molar-refractivity contribution in [2.24, 2.45) is 0 Å². The summed E-state index contributed by atoms with van der Waals surface area (Å²) in [5.74, 6) is 0. The number of rotatable bonds is 2. The van der Waals surface area contributed by atoms with Crippen LogP contribution >= 0.6 is 32.9 Å². The summed E-state index contributed by atoms with van der Waals surface area (Å²) in [5, 5.41) is 0.855.